The van der Waals surface area contributed by atoms with E-state index in [0.717, 1.165) is 18.4 Å². The summed E-state index contributed by atoms with van der Waals surface area (Å²) in [6, 6.07) is 15.5. The fourth-order valence-electron chi connectivity index (χ4n) is 2.38. The molecule has 1 unspecified atom stereocenters. The summed E-state index contributed by atoms with van der Waals surface area (Å²) in [5.41, 5.74) is 1.51. The van der Waals surface area contributed by atoms with Gasteiger partial charge in [-0.3, -0.25) is 4.79 Å². The first-order valence-corrected chi connectivity index (χ1v) is 8.39. The van der Waals surface area contributed by atoms with Crippen LogP contribution in [0, 0.1) is 0 Å². The van der Waals surface area contributed by atoms with Crippen molar-refractivity contribution in [2.75, 3.05) is 0 Å². The minimum absolute atomic E-state index is 0.259. The van der Waals surface area contributed by atoms with E-state index in [9.17, 15) is 14.7 Å². The lowest BCUT2D eigenvalue weighted by Crippen LogP contribution is -2.33. The number of carbonyl (C=O) groups excluding carboxylic acids is 1. The molecule has 2 aromatic carbocycles. The van der Waals surface area contributed by atoms with Gasteiger partial charge in [-0.15, -0.1) is 0 Å². The zero-order valence-electron chi connectivity index (χ0n) is 14.3. The number of carboxylic acid groups (broad SMARTS) is 1. The third kappa shape index (κ3) is 5.95. The van der Waals surface area contributed by atoms with Crippen molar-refractivity contribution in [3.8, 4) is 5.75 Å². The van der Waals surface area contributed by atoms with Crippen molar-refractivity contribution in [3.05, 3.63) is 65.7 Å². The summed E-state index contributed by atoms with van der Waals surface area (Å²) in [5.74, 6) is -0.787. The SMILES string of the molecule is CCCCC(=O)NC(C(=O)O)c1cccc(OCc2ccccc2)c1. The van der Waals surface area contributed by atoms with Crippen LogP contribution in [0.2, 0.25) is 0 Å². The molecule has 0 saturated carbocycles. The van der Waals surface area contributed by atoms with Gasteiger partial charge in [0.1, 0.15) is 12.4 Å². The number of hydrogen-bond donors (Lipinski definition) is 2. The van der Waals surface area contributed by atoms with Gasteiger partial charge in [0, 0.05) is 6.42 Å². The van der Waals surface area contributed by atoms with E-state index < -0.39 is 12.0 Å². The van der Waals surface area contributed by atoms with Crippen LogP contribution in [0.3, 0.4) is 0 Å². The number of benzene rings is 2. The third-order valence-electron chi connectivity index (χ3n) is 3.75. The lowest BCUT2D eigenvalue weighted by Gasteiger charge is -2.16. The van der Waals surface area contributed by atoms with E-state index in [2.05, 4.69) is 5.32 Å². The molecule has 0 aromatic heterocycles. The molecule has 0 aliphatic rings. The highest BCUT2D eigenvalue weighted by Crippen LogP contribution is 2.21. The number of carboxylic acids is 1. The number of unbranched alkanes of at least 4 members (excludes halogenated alkanes) is 1. The first kappa shape index (κ1) is 18.5. The molecule has 1 atom stereocenters. The Kier molecular flexibility index (Phi) is 7.01. The van der Waals surface area contributed by atoms with Crippen molar-refractivity contribution in [1.82, 2.24) is 5.32 Å². The summed E-state index contributed by atoms with van der Waals surface area (Å²) in [6.07, 6.45) is 1.94. The van der Waals surface area contributed by atoms with E-state index in [1.807, 2.05) is 37.3 Å². The maximum absolute atomic E-state index is 11.9. The van der Waals surface area contributed by atoms with E-state index >= 15 is 0 Å². The molecule has 0 saturated heterocycles. The molecule has 25 heavy (non-hydrogen) atoms. The van der Waals surface area contributed by atoms with Crippen LogP contribution in [-0.4, -0.2) is 17.0 Å². The molecule has 2 N–H and O–H groups in total. The Balaban J connectivity index is 2.05. The molecule has 2 rings (SSSR count). The Morgan fingerprint density at radius 3 is 2.56 bits per heavy atom. The van der Waals surface area contributed by atoms with Gasteiger partial charge < -0.3 is 15.2 Å². The van der Waals surface area contributed by atoms with Crippen LogP contribution in [0.4, 0.5) is 0 Å². The molecule has 132 valence electrons. The Morgan fingerprint density at radius 1 is 1.12 bits per heavy atom. The quantitative estimate of drug-likeness (QED) is 0.729. The predicted octanol–water partition coefficient (Wildman–Crippen LogP) is 3.70. The van der Waals surface area contributed by atoms with Gasteiger partial charge >= 0.3 is 5.97 Å². The zero-order valence-corrected chi connectivity index (χ0v) is 14.3. The molecule has 0 bridgehead atoms. The van der Waals surface area contributed by atoms with Crippen molar-refractivity contribution in [2.24, 2.45) is 0 Å². The number of amides is 1. The lowest BCUT2D eigenvalue weighted by atomic mass is 10.1. The van der Waals surface area contributed by atoms with E-state index in [0.29, 0.717) is 24.3 Å². The van der Waals surface area contributed by atoms with Gasteiger partial charge in [-0.05, 0) is 29.7 Å². The number of hydrogen-bond acceptors (Lipinski definition) is 3. The van der Waals surface area contributed by atoms with Crippen LogP contribution in [0.1, 0.15) is 43.4 Å². The number of aliphatic carboxylic acids is 1. The number of rotatable bonds is 9. The Hall–Kier alpha value is -2.82. The van der Waals surface area contributed by atoms with Crippen molar-refractivity contribution >= 4 is 11.9 Å². The van der Waals surface area contributed by atoms with Gasteiger partial charge in [0.05, 0.1) is 0 Å². The van der Waals surface area contributed by atoms with Gasteiger partial charge in [-0.25, -0.2) is 4.79 Å². The molecule has 0 heterocycles. The standard InChI is InChI=1S/C20H23NO4/c1-2-3-12-18(22)21-19(20(23)24)16-10-7-11-17(13-16)25-14-15-8-5-4-6-9-15/h4-11,13,19H,2-3,12,14H2,1H3,(H,21,22)(H,23,24). The van der Waals surface area contributed by atoms with Gasteiger partial charge in [0.25, 0.3) is 0 Å². The van der Waals surface area contributed by atoms with Gasteiger partial charge in [-0.2, -0.15) is 0 Å². The van der Waals surface area contributed by atoms with Gasteiger partial charge in [0.2, 0.25) is 5.91 Å². The van der Waals surface area contributed by atoms with Crippen molar-refractivity contribution in [3.63, 3.8) is 0 Å². The molecule has 0 aliphatic carbocycles. The Morgan fingerprint density at radius 2 is 1.88 bits per heavy atom. The molecule has 2 aromatic rings. The van der Waals surface area contributed by atoms with Crippen LogP contribution in [0.25, 0.3) is 0 Å². The van der Waals surface area contributed by atoms with Crippen LogP contribution < -0.4 is 10.1 Å². The second-order valence-corrected chi connectivity index (χ2v) is 5.79. The average Bonchev–Trinajstić information content (AvgIpc) is 2.63. The second kappa shape index (κ2) is 9.47. The Bertz CT molecular complexity index is 700. The van der Waals surface area contributed by atoms with E-state index in [4.69, 9.17) is 4.74 Å². The summed E-state index contributed by atoms with van der Waals surface area (Å²) in [7, 11) is 0. The molecule has 0 spiro atoms. The van der Waals surface area contributed by atoms with Crippen LogP contribution >= 0.6 is 0 Å². The highest BCUT2D eigenvalue weighted by atomic mass is 16.5. The molecule has 0 radical (unpaired) electrons. The van der Waals surface area contributed by atoms with Crippen LogP contribution in [0.5, 0.6) is 5.75 Å². The van der Waals surface area contributed by atoms with Crippen molar-refractivity contribution in [1.29, 1.82) is 0 Å². The number of ether oxygens (including phenoxy) is 1. The molecule has 0 aliphatic heterocycles. The Labute approximate surface area is 147 Å². The largest absolute Gasteiger partial charge is 0.489 e. The summed E-state index contributed by atoms with van der Waals surface area (Å²) in [5, 5.41) is 12.0. The number of carbonyl (C=O) groups is 2. The highest BCUT2D eigenvalue weighted by Gasteiger charge is 2.22. The van der Waals surface area contributed by atoms with E-state index in [1.165, 1.54) is 0 Å². The summed E-state index contributed by atoms with van der Waals surface area (Å²) >= 11 is 0. The monoisotopic (exact) mass is 341 g/mol. The minimum Gasteiger partial charge on any atom is -0.489 e. The van der Waals surface area contributed by atoms with Crippen LogP contribution in [0.15, 0.2) is 54.6 Å². The first-order valence-electron chi connectivity index (χ1n) is 8.39. The maximum Gasteiger partial charge on any atom is 0.330 e. The second-order valence-electron chi connectivity index (χ2n) is 5.79. The van der Waals surface area contributed by atoms with Crippen molar-refractivity contribution < 1.29 is 19.4 Å². The summed E-state index contributed by atoms with van der Waals surface area (Å²) in [4.78, 5) is 23.4. The normalized spacial score (nSPS) is 11.6. The number of nitrogens with one attached hydrogen (secondary N) is 1. The highest BCUT2D eigenvalue weighted by molar-refractivity contribution is 5.84. The molecule has 1 amide bonds. The van der Waals surface area contributed by atoms with E-state index in [-0.39, 0.29) is 5.91 Å². The molecule has 5 heteroatoms. The summed E-state index contributed by atoms with van der Waals surface area (Å²) in [6.45, 7) is 2.38. The van der Waals surface area contributed by atoms with Crippen LogP contribution in [-0.2, 0) is 16.2 Å². The lowest BCUT2D eigenvalue weighted by molar-refractivity contribution is -0.142. The summed E-state index contributed by atoms with van der Waals surface area (Å²) < 4.78 is 5.73. The van der Waals surface area contributed by atoms with E-state index in [1.54, 1.807) is 24.3 Å². The van der Waals surface area contributed by atoms with Gasteiger partial charge in [-0.1, -0.05) is 55.8 Å². The zero-order chi connectivity index (χ0) is 18.1. The average molecular weight is 341 g/mol. The third-order valence-corrected chi connectivity index (χ3v) is 3.75. The van der Waals surface area contributed by atoms with Crippen molar-refractivity contribution in [2.45, 2.75) is 38.8 Å². The minimum atomic E-state index is -1.09. The smallest absolute Gasteiger partial charge is 0.330 e. The topological polar surface area (TPSA) is 75.6 Å². The first-order chi connectivity index (χ1) is 12.1. The van der Waals surface area contributed by atoms with Gasteiger partial charge in [0.15, 0.2) is 6.04 Å². The molecule has 0 fully saturated rings. The maximum atomic E-state index is 11.9. The predicted molar refractivity (Wildman–Crippen MR) is 95.3 cm³/mol. The fourth-order valence-corrected chi connectivity index (χ4v) is 2.38. The molecule has 5 nitrogen and oxygen atoms in total. The fraction of sp³-hybridized carbons (Fsp3) is 0.300. The molecular weight excluding hydrogens is 318 g/mol. The molecular formula is C20H23NO4.